The fraction of sp³-hybridized carbons (Fsp3) is 0.667. The molecule has 6 heteroatoms. The maximum Gasteiger partial charge on any atom is 0.410 e. The lowest BCUT2D eigenvalue weighted by Crippen LogP contribution is -2.52. The third kappa shape index (κ3) is 2.85. The van der Waals surface area contributed by atoms with E-state index in [1.165, 1.54) is 0 Å². The van der Waals surface area contributed by atoms with Crippen molar-refractivity contribution in [2.75, 3.05) is 13.1 Å². The second kappa shape index (κ2) is 4.57. The molecule has 18 heavy (non-hydrogen) atoms. The van der Waals surface area contributed by atoms with Crippen LogP contribution in [0.25, 0.3) is 0 Å². The van der Waals surface area contributed by atoms with E-state index in [4.69, 9.17) is 4.74 Å². The summed E-state index contributed by atoms with van der Waals surface area (Å²) in [4.78, 5) is 13.5. The second-order valence-electron chi connectivity index (χ2n) is 5.58. The largest absolute Gasteiger partial charge is 0.444 e. The molecule has 0 aromatic carbocycles. The maximum atomic E-state index is 11.8. The number of nitrogens with zero attached hydrogens (tertiary/aromatic N) is 3. The zero-order chi connectivity index (χ0) is 13.5. The van der Waals surface area contributed by atoms with E-state index in [1.54, 1.807) is 4.90 Å². The molecule has 1 aromatic rings. The molecule has 0 atom stereocenters. The third-order valence-electron chi connectivity index (χ3n) is 2.74. The molecule has 5 nitrogen and oxygen atoms in total. The standard InChI is InChI=1S/C12H18BrN3O2/c1-8-10(13)7-16(14-8)9-5-15(6-9)11(17)18-12(2,3)4/h7,9H,5-6H2,1-4H3. The SMILES string of the molecule is Cc1nn(C2CN(C(=O)OC(C)(C)C)C2)cc1Br. The molecule has 0 unspecified atom stereocenters. The Bertz CT molecular complexity index is 439. The van der Waals surface area contributed by atoms with Crippen LogP contribution < -0.4 is 0 Å². The number of carbonyl (C=O) groups is 1. The van der Waals surface area contributed by atoms with Gasteiger partial charge in [0.25, 0.3) is 0 Å². The lowest BCUT2D eigenvalue weighted by molar-refractivity contribution is -0.000415. The summed E-state index contributed by atoms with van der Waals surface area (Å²) in [7, 11) is 0. The Labute approximate surface area is 115 Å². The van der Waals surface area contributed by atoms with Crippen LogP contribution in [0.5, 0.6) is 0 Å². The molecule has 0 aliphatic carbocycles. The van der Waals surface area contributed by atoms with Crippen LogP contribution in [0, 0.1) is 6.92 Å². The number of halogens is 1. The zero-order valence-electron chi connectivity index (χ0n) is 11.1. The van der Waals surface area contributed by atoms with E-state index in [2.05, 4.69) is 21.0 Å². The molecular weight excluding hydrogens is 298 g/mol. The van der Waals surface area contributed by atoms with Crippen LogP contribution in [0.3, 0.4) is 0 Å². The Kier molecular flexibility index (Phi) is 3.40. The molecule has 1 aliphatic rings. The van der Waals surface area contributed by atoms with Gasteiger partial charge in [-0.05, 0) is 43.6 Å². The number of aryl methyl sites for hydroxylation is 1. The van der Waals surface area contributed by atoms with Gasteiger partial charge in [0.2, 0.25) is 0 Å². The molecule has 1 aromatic heterocycles. The van der Waals surface area contributed by atoms with Crippen LogP contribution in [-0.2, 0) is 4.74 Å². The molecule has 100 valence electrons. The quantitative estimate of drug-likeness (QED) is 0.800. The van der Waals surface area contributed by atoms with E-state index >= 15 is 0 Å². The molecule has 0 spiro atoms. The van der Waals surface area contributed by atoms with Crippen molar-refractivity contribution in [3.05, 3.63) is 16.4 Å². The van der Waals surface area contributed by atoms with Gasteiger partial charge in [0.15, 0.2) is 0 Å². The predicted octanol–water partition coefficient (Wildman–Crippen LogP) is 2.75. The van der Waals surface area contributed by atoms with Crippen molar-refractivity contribution in [3.63, 3.8) is 0 Å². The Hall–Kier alpha value is -1.04. The van der Waals surface area contributed by atoms with E-state index < -0.39 is 5.60 Å². The van der Waals surface area contributed by atoms with Crippen molar-refractivity contribution < 1.29 is 9.53 Å². The number of hydrogen-bond acceptors (Lipinski definition) is 3. The van der Waals surface area contributed by atoms with E-state index in [1.807, 2.05) is 38.6 Å². The van der Waals surface area contributed by atoms with Gasteiger partial charge in [0.05, 0.1) is 16.2 Å². The van der Waals surface area contributed by atoms with Gasteiger partial charge in [0.1, 0.15) is 5.60 Å². The molecule has 0 radical (unpaired) electrons. The summed E-state index contributed by atoms with van der Waals surface area (Å²) in [5, 5.41) is 4.39. The topological polar surface area (TPSA) is 47.4 Å². The highest BCUT2D eigenvalue weighted by atomic mass is 79.9. The van der Waals surface area contributed by atoms with Gasteiger partial charge in [-0.15, -0.1) is 0 Å². The smallest absolute Gasteiger partial charge is 0.410 e. The van der Waals surface area contributed by atoms with Gasteiger partial charge in [-0.1, -0.05) is 0 Å². The van der Waals surface area contributed by atoms with Gasteiger partial charge >= 0.3 is 6.09 Å². The molecule has 2 rings (SSSR count). The number of ether oxygens (including phenoxy) is 1. The minimum absolute atomic E-state index is 0.248. The summed E-state index contributed by atoms with van der Waals surface area (Å²) in [6.07, 6.45) is 1.70. The summed E-state index contributed by atoms with van der Waals surface area (Å²) in [6, 6.07) is 0.252. The highest BCUT2D eigenvalue weighted by Crippen LogP contribution is 2.25. The molecular formula is C12H18BrN3O2. The summed E-state index contributed by atoms with van der Waals surface area (Å²) >= 11 is 3.43. The first-order chi connectivity index (χ1) is 8.26. The van der Waals surface area contributed by atoms with Gasteiger partial charge in [-0.25, -0.2) is 4.79 Å². The van der Waals surface area contributed by atoms with Gasteiger partial charge in [0, 0.05) is 19.3 Å². The molecule has 0 saturated carbocycles. The Morgan fingerprint density at radius 3 is 2.56 bits per heavy atom. The van der Waals surface area contributed by atoms with E-state index in [9.17, 15) is 4.79 Å². The summed E-state index contributed by atoms with van der Waals surface area (Å²) < 4.78 is 8.20. The average Bonchev–Trinajstić information content (AvgIpc) is 2.40. The van der Waals surface area contributed by atoms with Crippen molar-refractivity contribution in [2.45, 2.75) is 39.3 Å². The number of carbonyl (C=O) groups excluding carboxylic acids is 1. The molecule has 1 saturated heterocycles. The predicted molar refractivity (Wildman–Crippen MR) is 71.5 cm³/mol. The highest BCUT2D eigenvalue weighted by molar-refractivity contribution is 9.10. The lowest BCUT2D eigenvalue weighted by atomic mass is 10.1. The molecule has 1 amide bonds. The monoisotopic (exact) mass is 315 g/mol. The lowest BCUT2D eigenvalue weighted by Gasteiger charge is -2.39. The first kappa shape index (κ1) is 13.4. The molecule has 0 N–H and O–H groups in total. The van der Waals surface area contributed by atoms with Crippen LogP contribution in [-0.4, -0.2) is 39.5 Å². The van der Waals surface area contributed by atoms with Gasteiger partial charge in [-0.3, -0.25) is 4.68 Å². The van der Waals surface area contributed by atoms with Crippen LogP contribution in [0.2, 0.25) is 0 Å². The van der Waals surface area contributed by atoms with Crippen molar-refractivity contribution in [1.29, 1.82) is 0 Å². The van der Waals surface area contributed by atoms with Gasteiger partial charge < -0.3 is 9.64 Å². The molecule has 2 heterocycles. The van der Waals surface area contributed by atoms with E-state index in [-0.39, 0.29) is 12.1 Å². The second-order valence-corrected chi connectivity index (χ2v) is 6.44. The maximum absolute atomic E-state index is 11.8. The van der Waals surface area contributed by atoms with Crippen LogP contribution in [0.1, 0.15) is 32.5 Å². The Morgan fingerprint density at radius 2 is 2.11 bits per heavy atom. The number of amides is 1. The van der Waals surface area contributed by atoms with Gasteiger partial charge in [-0.2, -0.15) is 5.10 Å². The highest BCUT2D eigenvalue weighted by Gasteiger charge is 2.35. The van der Waals surface area contributed by atoms with E-state index in [0.29, 0.717) is 13.1 Å². The summed E-state index contributed by atoms with van der Waals surface area (Å²) in [5.41, 5.74) is 0.527. The van der Waals surface area contributed by atoms with Crippen molar-refractivity contribution >= 4 is 22.0 Å². The van der Waals surface area contributed by atoms with Crippen LogP contribution in [0.15, 0.2) is 10.7 Å². The Balaban J connectivity index is 1.89. The number of rotatable bonds is 1. The van der Waals surface area contributed by atoms with Crippen LogP contribution >= 0.6 is 15.9 Å². The fourth-order valence-electron chi connectivity index (χ4n) is 1.74. The molecule has 0 bridgehead atoms. The number of likely N-dealkylation sites (tertiary alicyclic amines) is 1. The normalized spacial score (nSPS) is 16.6. The molecule has 1 aliphatic heterocycles. The number of aromatic nitrogens is 2. The fourth-order valence-corrected chi connectivity index (χ4v) is 2.03. The summed E-state index contributed by atoms with van der Waals surface area (Å²) in [5.74, 6) is 0. The third-order valence-corrected chi connectivity index (χ3v) is 3.52. The first-order valence-corrected chi connectivity index (χ1v) is 6.75. The Morgan fingerprint density at radius 1 is 1.50 bits per heavy atom. The average molecular weight is 316 g/mol. The van der Waals surface area contributed by atoms with Crippen molar-refractivity contribution in [1.82, 2.24) is 14.7 Å². The summed E-state index contributed by atoms with van der Waals surface area (Å²) in [6.45, 7) is 8.87. The van der Waals surface area contributed by atoms with Crippen LogP contribution in [0.4, 0.5) is 4.79 Å². The van der Waals surface area contributed by atoms with E-state index in [0.717, 1.165) is 10.2 Å². The first-order valence-electron chi connectivity index (χ1n) is 5.95. The van der Waals surface area contributed by atoms with Crippen molar-refractivity contribution in [2.24, 2.45) is 0 Å². The number of hydrogen-bond donors (Lipinski definition) is 0. The molecule has 1 fully saturated rings. The zero-order valence-corrected chi connectivity index (χ0v) is 12.7. The van der Waals surface area contributed by atoms with Crippen molar-refractivity contribution in [3.8, 4) is 0 Å². The minimum Gasteiger partial charge on any atom is -0.444 e. The minimum atomic E-state index is -0.437.